The van der Waals surface area contributed by atoms with Crippen molar-refractivity contribution in [2.24, 2.45) is 0 Å². The molecule has 0 aromatic carbocycles. The normalized spacial score (nSPS) is 10.8. The Bertz CT molecular complexity index is 476. The van der Waals surface area contributed by atoms with Crippen molar-refractivity contribution in [2.45, 2.75) is 20.0 Å². The van der Waals surface area contributed by atoms with Crippen LogP contribution in [0.4, 0.5) is 0 Å². The lowest BCUT2D eigenvalue weighted by molar-refractivity contribution is 0.698. The van der Waals surface area contributed by atoms with Crippen LogP contribution in [-0.2, 0) is 13.1 Å². The number of rotatable bonds is 4. The average Bonchev–Trinajstić information content (AvgIpc) is 2.61. The third kappa shape index (κ3) is 3.78. The van der Waals surface area contributed by atoms with Gasteiger partial charge in [-0.15, -0.1) is 11.3 Å². The molecule has 0 bridgehead atoms. The molecule has 2 nitrogen and oxygen atoms in total. The molecule has 0 fully saturated rings. The van der Waals surface area contributed by atoms with E-state index in [2.05, 4.69) is 32.3 Å². The second kappa shape index (κ2) is 5.96. The van der Waals surface area contributed by atoms with Crippen LogP contribution in [0.2, 0.25) is 4.34 Å². The molecule has 90 valence electrons. The first-order valence-corrected chi connectivity index (χ1v) is 7.20. The first-order chi connectivity index (χ1) is 8.15. The molecular formula is C12H12BrClN2S. The summed E-state index contributed by atoms with van der Waals surface area (Å²) in [7, 11) is 0. The van der Waals surface area contributed by atoms with Gasteiger partial charge in [0.2, 0.25) is 0 Å². The first-order valence-electron chi connectivity index (χ1n) is 5.21. The quantitative estimate of drug-likeness (QED) is 0.910. The van der Waals surface area contributed by atoms with Gasteiger partial charge in [0.15, 0.2) is 0 Å². The van der Waals surface area contributed by atoms with Crippen LogP contribution in [0.3, 0.4) is 0 Å². The number of nitrogens with zero attached hydrogens (tertiary/aromatic N) is 1. The summed E-state index contributed by atoms with van der Waals surface area (Å²) in [5.41, 5.74) is 2.24. The Hall–Kier alpha value is -0.420. The standard InChI is InChI=1S/C12H12BrClN2S/c1-8-2-3-9(6-16-8)5-15-7-10-4-11(13)12(14)17-10/h2-4,6,15H,5,7H2,1H3. The largest absolute Gasteiger partial charge is 0.308 e. The summed E-state index contributed by atoms with van der Waals surface area (Å²) in [5.74, 6) is 0. The molecular weight excluding hydrogens is 320 g/mol. The maximum absolute atomic E-state index is 5.98. The summed E-state index contributed by atoms with van der Waals surface area (Å²) in [6.07, 6.45) is 1.90. The lowest BCUT2D eigenvalue weighted by Gasteiger charge is -2.03. The zero-order valence-electron chi connectivity index (χ0n) is 9.34. The third-order valence-electron chi connectivity index (χ3n) is 2.30. The number of hydrogen-bond acceptors (Lipinski definition) is 3. The van der Waals surface area contributed by atoms with Crippen LogP contribution in [-0.4, -0.2) is 4.98 Å². The molecule has 0 spiro atoms. The van der Waals surface area contributed by atoms with Crippen molar-refractivity contribution in [2.75, 3.05) is 0 Å². The SMILES string of the molecule is Cc1ccc(CNCc2cc(Br)c(Cl)s2)cn1. The molecule has 2 aromatic heterocycles. The molecule has 0 aliphatic carbocycles. The van der Waals surface area contributed by atoms with Gasteiger partial charge in [-0.25, -0.2) is 0 Å². The van der Waals surface area contributed by atoms with Gasteiger partial charge in [0, 0.05) is 34.3 Å². The van der Waals surface area contributed by atoms with E-state index in [1.165, 1.54) is 10.4 Å². The fourth-order valence-corrected chi connectivity index (χ4v) is 3.17. The second-order valence-electron chi connectivity index (χ2n) is 3.75. The van der Waals surface area contributed by atoms with Crippen molar-refractivity contribution in [3.05, 3.63) is 49.3 Å². The van der Waals surface area contributed by atoms with E-state index in [0.29, 0.717) is 0 Å². The van der Waals surface area contributed by atoms with Crippen LogP contribution in [0.15, 0.2) is 28.9 Å². The van der Waals surface area contributed by atoms with Gasteiger partial charge in [0.05, 0.1) is 0 Å². The van der Waals surface area contributed by atoms with Crippen molar-refractivity contribution in [3.8, 4) is 0 Å². The lowest BCUT2D eigenvalue weighted by Crippen LogP contribution is -2.11. The molecule has 0 amide bonds. The lowest BCUT2D eigenvalue weighted by atomic mass is 10.2. The number of pyridine rings is 1. The summed E-state index contributed by atoms with van der Waals surface area (Å²) < 4.78 is 1.77. The Labute approximate surface area is 118 Å². The summed E-state index contributed by atoms with van der Waals surface area (Å²) in [4.78, 5) is 5.48. The molecule has 17 heavy (non-hydrogen) atoms. The zero-order chi connectivity index (χ0) is 12.3. The number of halogens is 2. The third-order valence-corrected chi connectivity index (χ3v) is 4.77. The Morgan fingerprint density at radius 3 is 2.82 bits per heavy atom. The minimum Gasteiger partial charge on any atom is -0.308 e. The molecule has 0 unspecified atom stereocenters. The molecule has 2 heterocycles. The Morgan fingerprint density at radius 1 is 1.41 bits per heavy atom. The van der Waals surface area contributed by atoms with Gasteiger partial charge >= 0.3 is 0 Å². The van der Waals surface area contributed by atoms with Crippen molar-refractivity contribution in [1.29, 1.82) is 0 Å². The summed E-state index contributed by atoms with van der Waals surface area (Å²) >= 11 is 11.0. The van der Waals surface area contributed by atoms with Gasteiger partial charge in [-0.05, 0) is 40.5 Å². The summed E-state index contributed by atoms with van der Waals surface area (Å²) in [6.45, 7) is 3.63. The van der Waals surface area contributed by atoms with Gasteiger partial charge in [-0.1, -0.05) is 17.7 Å². The first kappa shape index (κ1) is 13.0. The molecule has 0 saturated heterocycles. The Morgan fingerprint density at radius 2 is 2.24 bits per heavy atom. The highest BCUT2D eigenvalue weighted by atomic mass is 79.9. The molecule has 0 aliphatic rings. The number of thiophene rings is 1. The fourth-order valence-electron chi connectivity index (χ4n) is 1.41. The minimum atomic E-state index is 0.804. The second-order valence-corrected chi connectivity index (χ2v) is 6.34. The number of aryl methyl sites for hydroxylation is 1. The van der Waals surface area contributed by atoms with Crippen LogP contribution in [0.1, 0.15) is 16.1 Å². The van der Waals surface area contributed by atoms with Crippen molar-refractivity contribution < 1.29 is 0 Å². The predicted octanol–water partition coefficient (Wildman–Crippen LogP) is 4.16. The molecule has 0 radical (unpaired) electrons. The molecule has 0 saturated carbocycles. The van der Waals surface area contributed by atoms with E-state index >= 15 is 0 Å². The van der Waals surface area contributed by atoms with Gasteiger partial charge < -0.3 is 5.32 Å². The topological polar surface area (TPSA) is 24.9 Å². The van der Waals surface area contributed by atoms with E-state index < -0.39 is 0 Å². The molecule has 1 N–H and O–H groups in total. The van der Waals surface area contributed by atoms with E-state index in [9.17, 15) is 0 Å². The zero-order valence-corrected chi connectivity index (χ0v) is 12.5. The van der Waals surface area contributed by atoms with E-state index in [0.717, 1.165) is 27.6 Å². The molecule has 0 atom stereocenters. The van der Waals surface area contributed by atoms with Crippen LogP contribution in [0.5, 0.6) is 0 Å². The highest BCUT2D eigenvalue weighted by Gasteiger charge is 2.03. The highest BCUT2D eigenvalue weighted by molar-refractivity contribution is 9.10. The van der Waals surface area contributed by atoms with Gasteiger partial charge in [-0.3, -0.25) is 4.98 Å². The molecule has 2 aromatic rings. The maximum Gasteiger partial charge on any atom is 0.107 e. The molecule has 0 aliphatic heterocycles. The highest BCUT2D eigenvalue weighted by Crippen LogP contribution is 2.31. The predicted molar refractivity (Wildman–Crippen MR) is 76.5 cm³/mol. The number of aromatic nitrogens is 1. The summed E-state index contributed by atoms with van der Waals surface area (Å²) in [5, 5.41) is 3.37. The number of hydrogen-bond donors (Lipinski definition) is 1. The van der Waals surface area contributed by atoms with E-state index in [1.807, 2.05) is 25.3 Å². The van der Waals surface area contributed by atoms with Crippen LogP contribution in [0.25, 0.3) is 0 Å². The Kier molecular flexibility index (Phi) is 4.56. The Balaban J connectivity index is 1.85. The fraction of sp³-hybridized carbons (Fsp3) is 0.250. The smallest absolute Gasteiger partial charge is 0.107 e. The van der Waals surface area contributed by atoms with E-state index in [4.69, 9.17) is 11.6 Å². The van der Waals surface area contributed by atoms with Crippen LogP contribution < -0.4 is 5.32 Å². The van der Waals surface area contributed by atoms with Gasteiger partial charge in [0.1, 0.15) is 4.34 Å². The molecule has 2 rings (SSSR count). The van der Waals surface area contributed by atoms with Crippen LogP contribution in [0, 0.1) is 6.92 Å². The van der Waals surface area contributed by atoms with E-state index in [1.54, 1.807) is 11.3 Å². The van der Waals surface area contributed by atoms with Crippen molar-refractivity contribution >= 4 is 38.9 Å². The van der Waals surface area contributed by atoms with E-state index in [-0.39, 0.29) is 0 Å². The minimum absolute atomic E-state index is 0.804. The molecule has 5 heteroatoms. The number of nitrogens with one attached hydrogen (secondary N) is 1. The van der Waals surface area contributed by atoms with Crippen LogP contribution >= 0.6 is 38.9 Å². The summed E-state index contributed by atoms with van der Waals surface area (Å²) in [6, 6.07) is 6.16. The average molecular weight is 332 g/mol. The van der Waals surface area contributed by atoms with Crippen molar-refractivity contribution in [1.82, 2.24) is 10.3 Å². The van der Waals surface area contributed by atoms with Crippen molar-refractivity contribution in [3.63, 3.8) is 0 Å². The van der Waals surface area contributed by atoms with Gasteiger partial charge in [-0.2, -0.15) is 0 Å². The maximum atomic E-state index is 5.98. The monoisotopic (exact) mass is 330 g/mol. The van der Waals surface area contributed by atoms with Gasteiger partial charge in [0.25, 0.3) is 0 Å².